The first-order valence-corrected chi connectivity index (χ1v) is 10.0. The van der Waals surface area contributed by atoms with Gasteiger partial charge in [0.1, 0.15) is 5.82 Å². The molecule has 1 N–H and O–H groups in total. The SMILES string of the molecule is CC.Cc1cc(NC(=O)N2C=CC(=O)CC2c2ccc(F)cc2)c(Br)cc1Cl. The lowest BCUT2D eigenvalue weighted by Gasteiger charge is -2.31. The van der Waals surface area contributed by atoms with Crippen molar-refractivity contribution in [2.75, 3.05) is 5.32 Å². The second-order valence-corrected chi connectivity index (χ2v) is 7.23. The number of hydrogen-bond donors (Lipinski definition) is 1. The van der Waals surface area contributed by atoms with Crippen LogP contribution < -0.4 is 5.32 Å². The Morgan fingerprint density at radius 3 is 2.54 bits per heavy atom. The summed E-state index contributed by atoms with van der Waals surface area (Å²) >= 11 is 9.45. The van der Waals surface area contributed by atoms with Crippen molar-refractivity contribution in [2.45, 2.75) is 33.2 Å². The van der Waals surface area contributed by atoms with Gasteiger partial charge in [0, 0.05) is 22.1 Å². The van der Waals surface area contributed by atoms with Crippen LogP contribution in [0.2, 0.25) is 5.02 Å². The summed E-state index contributed by atoms with van der Waals surface area (Å²) in [5.74, 6) is -0.463. The van der Waals surface area contributed by atoms with Crippen LogP contribution in [0.25, 0.3) is 0 Å². The molecule has 0 saturated carbocycles. The molecule has 0 saturated heterocycles. The molecule has 1 unspecified atom stereocenters. The van der Waals surface area contributed by atoms with Crippen molar-refractivity contribution in [3.63, 3.8) is 0 Å². The topological polar surface area (TPSA) is 49.4 Å². The highest BCUT2D eigenvalue weighted by Crippen LogP contribution is 2.32. The molecule has 0 spiro atoms. The standard InChI is InChI=1S/C19H15BrClFN2O2.C2H6/c1-11-8-17(15(20)10-16(11)21)23-19(26)24-7-6-14(25)9-18(24)12-2-4-13(22)5-3-12;1-2/h2-8,10,18H,9H2,1H3,(H,23,26);1-2H3. The van der Waals surface area contributed by atoms with Crippen LogP contribution in [-0.2, 0) is 4.79 Å². The van der Waals surface area contributed by atoms with Crippen LogP contribution in [0.1, 0.15) is 37.4 Å². The Morgan fingerprint density at radius 2 is 1.89 bits per heavy atom. The number of ketones is 1. The predicted molar refractivity (Wildman–Crippen MR) is 114 cm³/mol. The van der Waals surface area contributed by atoms with Gasteiger partial charge in [0.25, 0.3) is 0 Å². The van der Waals surface area contributed by atoms with E-state index in [0.29, 0.717) is 20.7 Å². The average Bonchev–Trinajstić information content (AvgIpc) is 2.68. The number of nitrogens with one attached hydrogen (secondary N) is 1. The van der Waals surface area contributed by atoms with Gasteiger partial charge in [-0.2, -0.15) is 0 Å². The number of aryl methyl sites for hydroxylation is 1. The van der Waals surface area contributed by atoms with Crippen LogP contribution in [0.5, 0.6) is 0 Å². The first kappa shape index (κ1) is 22.1. The molecular weight excluding hydrogens is 447 g/mol. The molecule has 3 rings (SSSR count). The lowest BCUT2D eigenvalue weighted by atomic mass is 9.97. The summed E-state index contributed by atoms with van der Waals surface area (Å²) in [5, 5.41) is 3.40. The molecule has 2 aromatic rings. The third kappa shape index (κ3) is 5.20. The number of amides is 2. The second kappa shape index (κ2) is 9.85. The van der Waals surface area contributed by atoms with E-state index < -0.39 is 12.1 Å². The maximum atomic E-state index is 13.2. The number of hydrogen-bond acceptors (Lipinski definition) is 2. The average molecular weight is 468 g/mol. The predicted octanol–water partition coefficient (Wildman–Crippen LogP) is 6.64. The van der Waals surface area contributed by atoms with E-state index in [1.807, 2.05) is 20.8 Å². The van der Waals surface area contributed by atoms with Gasteiger partial charge >= 0.3 is 6.03 Å². The largest absolute Gasteiger partial charge is 0.326 e. The summed E-state index contributed by atoms with van der Waals surface area (Å²) in [4.78, 5) is 26.1. The van der Waals surface area contributed by atoms with Crippen molar-refractivity contribution in [1.29, 1.82) is 0 Å². The Morgan fingerprint density at radius 1 is 1.25 bits per heavy atom. The summed E-state index contributed by atoms with van der Waals surface area (Å²) in [6.07, 6.45) is 2.95. The summed E-state index contributed by atoms with van der Waals surface area (Å²) in [7, 11) is 0. The molecule has 148 valence electrons. The molecule has 2 aromatic carbocycles. The van der Waals surface area contributed by atoms with Gasteiger partial charge in [0.05, 0.1) is 11.7 Å². The van der Waals surface area contributed by atoms with E-state index in [-0.39, 0.29) is 18.0 Å². The molecule has 1 heterocycles. The van der Waals surface area contributed by atoms with Crippen LogP contribution in [0, 0.1) is 12.7 Å². The van der Waals surface area contributed by atoms with Crippen molar-refractivity contribution in [1.82, 2.24) is 4.90 Å². The van der Waals surface area contributed by atoms with Crippen molar-refractivity contribution in [3.8, 4) is 0 Å². The first-order chi connectivity index (χ1) is 13.3. The lowest BCUT2D eigenvalue weighted by Crippen LogP contribution is -2.37. The van der Waals surface area contributed by atoms with E-state index in [9.17, 15) is 14.0 Å². The minimum atomic E-state index is -0.500. The zero-order valence-electron chi connectivity index (χ0n) is 15.8. The Labute approximate surface area is 177 Å². The van der Waals surface area contributed by atoms with E-state index in [1.54, 1.807) is 24.3 Å². The fourth-order valence-corrected chi connectivity index (χ4v) is 3.47. The number of carbonyl (C=O) groups excluding carboxylic acids is 2. The summed E-state index contributed by atoms with van der Waals surface area (Å²) in [6.45, 7) is 5.84. The van der Waals surface area contributed by atoms with Crippen LogP contribution >= 0.6 is 27.5 Å². The molecule has 1 atom stereocenters. The van der Waals surface area contributed by atoms with Gasteiger partial charge in [-0.3, -0.25) is 9.69 Å². The molecule has 2 amide bonds. The Balaban J connectivity index is 0.00000136. The fraction of sp³-hybridized carbons (Fsp3) is 0.238. The molecule has 0 fully saturated rings. The zero-order valence-corrected chi connectivity index (χ0v) is 18.1. The molecule has 0 bridgehead atoms. The van der Waals surface area contributed by atoms with E-state index >= 15 is 0 Å². The number of rotatable bonds is 2. The Hall–Kier alpha value is -2.18. The van der Waals surface area contributed by atoms with Gasteiger partial charge in [0.15, 0.2) is 5.78 Å². The van der Waals surface area contributed by atoms with E-state index in [0.717, 1.165) is 5.56 Å². The fourth-order valence-electron chi connectivity index (χ4n) is 2.73. The lowest BCUT2D eigenvalue weighted by molar-refractivity contribution is -0.116. The highest BCUT2D eigenvalue weighted by Gasteiger charge is 2.29. The van der Waals surface area contributed by atoms with Gasteiger partial charge in [-0.25, -0.2) is 9.18 Å². The minimum absolute atomic E-state index is 0.0908. The Kier molecular flexibility index (Phi) is 7.78. The summed E-state index contributed by atoms with van der Waals surface area (Å²) < 4.78 is 13.8. The normalized spacial score (nSPS) is 15.7. The monoisotopic (exact) mass is 466 g/mol. The van der Waals surface area contributed by atoms with Crippen LogP contribution in [0.3, 0.4) is 0 Å². The molecular formula is C21H21BrClFN2O2. The maximum absolute atomic E-state index is 13.2. The number of benzene rings is 2. The minimum Gasteiger partial charge on any atom is -0.306 e. The van der Waals surface area contributed by atoms with E-state index in [2.05, 4.69) is 21.2 Å². The third-order valence-corrected chi connectivity index (χ3v) is 5.19. The number of urea groups is 1. The number of halogens is 3. The maximum Gasteiger partial charge on any atom is 0.326 e. The van der Waals surface area contributed by atoms with Crippen molar-refractivity contribution < 1.29 is 14.0 Å². The van der Waals surface area contributed by atoms with Gasteiger partial charge in [-0.15, -0.1) is 0 Å². The van der Waals surface area contributed by atoms with Gasteiger partial charge < -0.3 is 5.32 Å². The van der Waals surface area contributed by atoms with Crippen molar-refractivity contribution in [2.24, 2.45) is 0 Å². The molecule has 7 heteroatoms. The smallest absolute Gasteiger partial charge is 0.306 e. The van der Waals surface area contributed by atoms with Gasteiger partial charge in [-0.1, -0.05) is 37.6 Å². The quantitative estimate of drug-likeness (QED) is 0.538. The van der Waals surface area contributed by atoms with Crippen LogP contribution in [-0.4, -0.2) is 16.7 Å². The van der Waals surface area contributed by atoms with Crippen LogP contribution in [0.15, 0.2) is 53.1 Å². The zero-order chi connectivity index (χ0) is 20.8. The van der Waals surface area contributed by atoms with E-state index in [1.165, 1.54) is 29.3 Å². The van der Waals surface area contributed by atoms with Gasteiger partial charge in [-0.05, 0) is 64.3 Å². The molecule has 1 aliphatic heterocycles. The molecule has 0 radical (unpaired) electrons. The van der Waals surface area contributed by atoms with E-state index in [4.69, 9.17) is 11.6 Å². The number of carbonyl (C=O) groups is 2. The molecule has 1 aliphatic rings. The molecule has 4 nitrogen and oxygen atoms in total. The highest BCUT2D eigenvalue weighted by atomic mass is 79.9. The first-order valence-electron chi connectivity index (χ1n) is 8.86. The molecule has 0 aromatic heterocycles. The van der Waals surface area contributed by atoms with Crippen LogP contribution in [0.4, 0.5) is 14.9 Å². The van der Waals surface area contributed by atoms with Crippen molar-refractivity contribution in [3.05, 3.63) is 75.1 Å². The number of allylic oxidation sites excluding steroid dienone is 1. The number of nitrogens with zero attached hydrogens (tertiary/aromatic N) is 1. The second-order valence-electron chi connectivity index (χ2n) is 5.97. The third-order valence-electron chi connectivity index (χ3n) is 4.13. The Bertz CT molecular complexity index is 900. The number of anilines is 1. The highest BCUT2D eigenvalue weighted by molar-refractivity contribution is 9.10. The molecule has 28 heavy (non-hydrogen) atoms. The molecule has 0 aliphatic carbocycles. The summed E-state index contributed by atoms with van der Waals surface area (Å²) in [5.41, 5.74) is 2.08. The van der Waals surface area contributed by atoms with Crippen molar-refractivity contribution >= 4 is 45.0 Å². The summed E-state index contributed by atoms with van der Waals surface area (Å²) in [6, 6.07) is 8.35. The van der Waals surface area contributed by atoms with Gasteiger partial charge in [0.2, 0.25) is 0 Å².